The monoisotopic (exact) mass is 420 g/mol. The van der Waals surface area contributed by atoms with Gasteiger partial charge in [-0.2, -0.15) is 0 Å². The molecule has 0 fully saturated rings. The first-order chi connectivity index (χ1) is 11.7. The molecule has 134 valence electrons. The van der Waals surface area contributed by atoms with Crippen molar-refractivity contribution in [3.05, 3.63) is 67.6 Å². The van der Waals surface area contributed by atoms with Crippen LogP contribution in [0.3, 0.4) is 0 Å². The topological polar surface area (TPSA) is 46.5 Å². The lowest BCUT2D eigenvalue weighted by Gasteiger charge is -2.35. The Morgan fingerprint density at radius 3 is 1.80 bits per heavy atom. The number of ether oxygens (including phenoxy) is 1. The van der Waals surface area contributed by atoms with Crippen LogP contribution in [0.15, 0.2) is 36.4 Å². The maximum Gasteiger partial charge on any atom is 0.305 e. The predicted molar refractivity (Wildman–Crippen MR) is 102 cm³/mol. The molecule has 0 saturated heterocycles. The number of rotatable bonds is 5. The molecule has 0 spiro atoms. The highest BCUT2D eigenvalue weighted by molar-refractivity contribution is 6.42. The van der Waals surface area contributed by atoms with Gasteiger partial charge in [0, 0.05) is 6.42 Å². The van der Waals surface area contributed by atoms with Crippen molar-refractivity contribution in [3.8, 4) is 0 Å². The molecule has 0 radical (unpaired) electrons. The number of aliphatic hydroxyl groups is 1. The van der Waals surface area contributed by atoms with Crippen LogP contribution in [-0.2, 0) is 15.1 Å². The van der Waals surface area contributed by atoms with Gasteiger partial charge in [0.15, 0.2) is 5.60 Å². The van der Waals surface area contributed by atoms with Crippen molar-refractivity contribution < 1.29 is 14.6 Å². The molecular formula is C18H16Cl4O3. The molecule has 0 amide bonds. The Balaban J connectivity index is 2.62. The Bertz CT molecular complexity index is 740. The second kappa shape index (κ2) is 8.15. The summed E-state index contributed by atoms with van der Waals surface area (Å²) in [5.74, 6) is -0.439. The minimum atomic E-state index is -1.69. The molecule has 0 heterocycles. The number of benzene rings is 2. The number of carbonyl (C=O) groups is 1. The van der Waals surface area contributed by atoms with Crippen LogP contribution in [0.4, 0.5) is 0 Å². The quantitative estimate of drug-likeness (QED) is 0.613. The highest BCUT2D eigenvalue weighted by atomic mass is 35.5. The third-order valence-corrected chi connectivity index (χ3v) is 5.38. The summed E-state index contributed by atoms with van der Waals surface area (Å²) in [6.07, 6.45) is -0.724. The van der Waals surface area contributed by atoms with Crippen molar-refractivity contribution in [1.29, 1.82) is 0 Å². The average Bonchev–Trinajstić information content (AvgIpc) is 2.58. The van der Waals surface area contributed by atoms with Gasteiger partial charge in [0.25, 0.3) is 0 Å². The second-order valence-corrected chi connectivity index (χ2v) is 7.14. The Hall–Kier alpha value is -0.970. The number of halogens is 4. The van der Waals surface area contributed by atoms with Gasteiger partial charge < -0.3 is 9.84 Å². The van der Waals surface area contributed by atoms with E-state index in [1.165, 1.54) is 12.1 Å². The fourth-order valence-corrected chi connectivity index (χ4v) is 3.06. The highest BCUT2D eigenvalue weighted by Gasteiger charge is 2.41. The number of hydrogen-bond donors (Lipinski definition) is 1. The number of carbonyl (C=O) groups excluding carboxylic acids is 1. The van der Waals surface area contributed by atoms with Crippen LogP contribution in [0.25, 0.3) is 0 Å². The molecule has 0 aliphatic rings. The molecule has 3 nitrogen and oxygen atoms in total. The first-order valence-corrected chi connectivity index (χ1v) is 9.04. The summed E-state index contributed by atoms with van der Waals surface area (Å²) >= 11 is 24.2. The van der Waals surface area contributed by atoms with Crippen molar-refractivity contribution in [2.75, 3.05) is 0 Å². The SMILES string of the molecule is CCC(=O)OC(C)C(O)(c1ccc(Cl)c(Cl)c1)c1ccc(Cl)c(Cl)c1. The average molecular weight is 422 g/mol. The highest BCUT2D eigenvalue weighted by Crippen LogP contribution is 2.39. The molecule has 7 heteroatoms. The van der Waals surface area contributed by atoms with Crippen LogP contribution in [0, 0.1) is 0 Å². The molecule has 0 aromatic heterocycles. The Labute approximate surface area is 166 Å². The van der Waals surface area contributed by atoms with E-state index in [9.17, 15) is 9.90 Å². The lowest BCUT2D eigenvalue weighted by atomic mass is 9.82. The number of hydrogen-bond acceptors (Lipinski definition) is 3. The van der Waals surface area contributed by atoms with Gasteiger partial charge in [0.1, 0.15) is 6.10 Å². The molecular weight excluding hydrogens is 406 g/mol. The van der Waals surface area contributed by atoms with Gasteiger partial charge in [-0.25, -0.2) is 0 Å². The number of esters is 1. The zero-order valence-electron chi connectivity index (χ0n) is 13.5. The third kappa shape index (κ3) is 4.24. The largest absolute Gasteiger partial charge is 0.459 e. The fourth-order valence-electron chi connectivity index (χ4n) is 2.47. The molecule has 1 atom stereocenters. The van der Waals surface area contributed by atoms with Crippen molar-refractivity contribution >= 4 is 52.4 Å². The molecule has 0 aliphatic carbocycles. The predicted octanol–water partition coefficient (Wildman–Crippen LogP) is 5.88. The normalized spacial score (nSPS) is 12.8. The van der Waals surface area contributed by atoms with Crippen LogP contribution in [0.5, 0.6) is 0 Å². The van der Waals surface area contributed by atoms with Crippen LogP contribution in [0.2, 0.25) is 20.1 Å². The smallest absolute Gasteiger partial charge is 0.305 e. The Morgan fingerprint density at radius 2 is 1.44 bits per heavy atom. The molecule has 0 aliphatic heterocycles. The summed E-state index contributed by atoms with van der Waals surface area (Å²) in [5, 5.41) is 12.8. The van der Waals surface area contributed by atoms with Gasteiger partial charge >= 0.3 is 5.97 Å². The molecule has 2 rings (SSSR count). The summed E-state index contributed by atoms with van der Waals surface area (Å²) in [4.78, 5) is 11.7. The van der Waals surface area contributed by atoms with Crippen molar-refractivity contribution in [1.82, 2.24) is 0 Å². The lowest BCUT2D eigenvalue weighted by Crippen LogP contribution is -2.41. The van der Waals surface area contributed by atoms with Crippen LogP contribution in [-0.4, -0.2) is 17.2 Å². The van der Waals surface area contributed by atoms with E-state index in [4.69, 9.17) is 51.1 Å². The lowest BCUT2D eigenvalue weighted by molar-refractivity contribution is -0.159. The molecule has 0 saturated carbocycles. The minimum Gasteiger partial charge on any atom is -0.459 e. The van der Waals surface area contributed by atoms with Crippen LogP contribution in [0.1, 0.15) is 31.4 Å². The van der Waals surface area contributed by atoms with Crippen molar-refractivity contribution in [2.45, 2.75) is 32.0 Å². The van der Waals surface area contributed by atoms with Crippen LogP contribution < -0.4 is 0 Å². The van der Waals surface area contributed by atoms with Gasteiger partial charge in [-0.15, -0.1) is 0 Å². The minimum absolute atomic E-state index is 0.184. The van der Waals surface area contributed by atoms with Gasteiger partial charge in [0.2, 0.25) is 0 Å². The van der Waals surface area contributed by atoms with E-state index >= 15 is 0 Å². The summed E-state index contributed by atoms with van der Waals surface area (Å²) in [5.41, 5.74) is -0.860. The molecule has 1 unspecified atom stereocenters. The van der Waals surface area contributed by atoms with E-state index < -0.39 is 17.7 Å². The molecule has 1 N–H and O–H groups in total. The molecule has 2 aromatic rings. The Morgan fingerprint density at radius 1 is 1.00 bits per heavy atom. The molecule has 25 heavy (non-hydrogen) atoms. The van der Waals surface area contributed by atoms with Crippen LogP contribution >= 0.6 is 46.4 Å². The molecule has 2 aromatic carbocycles. The zero-order valence-corrected chi connectivity index (χ0v) is 16.5. The summed E-state index contributed by atoms with van der Waals surface area (Å²) < 4.78 is 5.37. The van der Waals surface area contributed by atoms with Crippen molar-refractivity contribution in [2.24, 2.45) is 0 Å². The summed E-state index contributed by atoms with van der Waals surface area (Å²) in [6, 6.07) is 9.43. The maximum absolute atomic E-state index is 11.7. The standard InChI is InChI=1S/C18H16Cl4O3/c1-3-17(23)25-10(2)18(24,11-4-6-13(19)15(21)8-11)12-5-7-14(20)16(22)9-12/h4-10,24H,3H2,1-2H3. The van der Waals surface area contributed by atoms with E-state index in [1.807, 2.05) is 0 Å². The maximum atomic E-state index is 11.7. The van der Waals surface area contributed by atoms with E-state index in [0.717, 1.165) is 0 Å². The van der Waals surface area contributed by atoms with Gasteiger partial charge in [-0.1, -0.05) is 65.5 Å². The van der Waals surface area contributed by atoms with Gasteiger partial charge in [-0.3, -0.25) is 4.79 Å². The Kier molecular flexibility index (Phi) is 6.63. The van der Waals surface area contributed by atoms with E-state index in [-0.39, 0.29) is 16.5 Å². The second-order valence-electron chi connectivity index (χ2n) is 5.51. The van der Waals surface area contributed by atoms with Gasteiger partial charge in [-0.05, 0) is 42.3 Å². The zero-order chi connectivity index (χ0) is 18.8. The van der Waals surface area contributed by atoms with Crippen molar-refractivity contribution in [3.63, 3.8) is 0 Å². The van der Waals surface area contributed by atoms with E-state index in [2.05, 4.69) is 0 Å². The summed E-state index contributed by atoms with van der Waals surface area (Å²) in [6.45, 7) is 3.27. The van der Waals surface area contributed by atoms with E-state index in [1.54, 1.807) is 38.1 Å². The van der Waals surface area contributed by atoms with Gasteiger partial charge in [0.05, 0.1) is 20.1 Å². The first kappa shape index (κ1) is 20.3. The molecule has 0 bridgehead atoms. The van der Waals surface area contributed by atoms with E-state index in [0.29, 0.717) is 21.2 Å². The first-order valence-electron chi connectivity index (χ1n) is 7.53. The summed E-state index contributed by atoms with van der Waals surface area (Å²) in [7, 11) is 0. The third-order valence-electron chi connectivity index (χ3n) is 3.90. The fraction of sp³-hybridized carbons (Fsp3) is 0.278.